The number of aryl methyl sites for hydroxylation is 2. The number of benzene rings is 2. The third kappa shape index (κ3) is 5.16. The first-order chi connectivity index (χ1) is 24.6. The van der Waals surface area contributed by atoms with Crippen molar-refractivity contribution in [2.75, 3.05) is 0 Å². The molecule has 0 heterocycles. The first-order valence-electron chi connectivity index (χ1n) is 21.3. The molecule has 14 atom stereocenters. The third-order valence-electron chi connectivity index (χ3n) is 17.6. The van der Waals surface area contributed by atoms with Crippen molar-refractivity contribution in [2.45, 2.75) is 178 Å². The summed E-state index contributed by atoms with van der Waals surface area (Å²) in [5.41, 5.74) is 8.91. The fourth-order valence-electron chi connectivity index (χ4n) is 15.1. The molecule has 0 saturated heterocycles. The molecule has 0 aromatic heterocycles. The van der Waals surface area contributed by atoms with Crippen LogP contribution in [0.1, 0.15) is 174 Å². The largest absolute Gasteiger partial charge is 0.508 e. The van der Waals surface area contributed by atoms with E-state index in [9.17, 15) is 20.4 Å². The minimum Gasteiger partial charge on any atom is -0.508 e. The molecule has 276 valence electrons. The van der Waals surface area contributed by atoms with Crippen LogP contribution >= 0.6 is 0 Å². The molecule has 2 aromatic carbocycles. The van der Waals surface area contributed by atoms with Crippen LogP contribution in [-0.4, -0.2) is 44.8 Å². The fraction of sp³-hybridized carbons (Fsp3) is 0.739. The molecule has 0 bridgehead atoms. The number of aliphatic hydroxyl groups is 2. The normalized spacial score (nSPS) is 45.4. The van der Waals surface area contributed by atoms with Gasteiger partial charge in [0.15, 0.2) is 0 Å². The van der Waals surface area contributed by atoms with E-state index in [0.717, 1.165) is 89.9 Å². The number of phenolic OH excluding ortho intramolecular Hbond substituents is 2. The molecule has 0 aliphatic heterocycles. The Morgan fingerprint density at radius 2 is 1.00 bits per heavy atom. The van der Waals surface area contributed by atoms with Crippen molar-refractivity contribution in [3.63, 3.8) is 0 Å². The minimum absolute atomic E-state index is 0.0814. The maximum absolute atomic E-state index is 11.0. The van der Waals surface area contributed by atoms with Crippen LogP contribution in [0.3, 0.4) is 0 Å². The number of ether oxygens (including phenoxy) is 1. The Bertz CT molecular complexity index is 1560. The Kier molecular flexibility index (Phi) is 8.02. The lowest BCUT2D eigenvalue weighted by atomic mass is 9.54. The van der Waals surface area contributed by atoms with Crippen LogP contribution in [-0.2, 0) is 17.6 Å². The summed E-state index contributed by atoms with van der Waals surface area (Å²) >= 11 is 0. The molecule has 8 aliphatic rings. The van der Waals surface area contributed by atoms with Crippen LogP contribution in [0.2, 0.25) is 0 Å². The monoisotopic (exact) mass is 694 g/mol. The van der Waals surface area contributed by atoms with Gasteiger partial charge in [-0.05, 0) is 231 Å². The molecule has 10 rings (SSSR count). The molecule has 6 fully saturated rings. The molecular weight excluding hydrogens is 633 g/mol. The van der Waals surface area contributed by atoms with Crippen LogP contribution in [0.25, 0.3) is 0 Å². The molecule has 5 heteroatoms. The summed E-state index contributed by atoms with van der Waals surface area (Å²) in [5.74, 6) is 5.42. The van der Waals surface area contributed by atoms with E-state index in [1.165, 1.54) is 47.9 Å². The van der Waals surface area contributed by atoms with Gasteiger partial charge in [-0.1, -0.05) is 13.8 Å². The molecule has 4 N–H and O–H groups in total. The van der Waals surface area contributed by atoms with Crippen LogP contribution in [0, 0.1) is 34.5 Å². The first kappa shape index (κ1) is 33.5. The van der Waals surface area contributed by atoms with E-state index < -0.39 is 0 Å². The van der Waals surface area contributed by atoms with Gasteiger partial charge in [-0.15, -0.1) is 0 Å². The number of aliphatic hydroxyl groups excluding tert-OH is 2. The minimum atomic E-state index is -0.146. The van der Waals surface area contributed by atoms with Crippen molar-refractivity contribution in [2.24, 2.45) is 34.5 Å². The lowest BCUT2D eigenvalue weighted by Crippen LogP contribution is -2.44. The van der Waals surface area contributed by atoms with E-state index >= 15 is 0 Å². The van der Waals surface area contributed by atoms with Crippen LogP contribution in [0.4, 0.5) is 0 Å². The Hall–Kier alpha value is -2.08. The summed E-state index contributed by atoms with van der Waals surface area (Å²) in [6.07, 6.45) is 20.1. The highest BCUT2D eigenvalue weighted by molar-refractivity contribution is 5.49. The summed E-state index contributed by atoms with van der Waals surface area (Å²) in [5, 5.41) is 43.8. The fourth-order valence-corrected chi connectivity index (χ4v) is 15.1. The van der Waals surface area contributed by atoms with Crippen molar-refractivity contribution in [1.29, 1.82) is 0 Å². The van der Waals surface area contributed by atoms with Crippen molar-refractivity contribution in [1.82, 2.24) is 0 Å². The maximum Gasteiger partial charge on any atom is 0.116 e. The topological polar surface area (TPSA) is 90.2 Å². The average Bonchev–Trinajstić information content (AvgIpc) is 3.91. The lowest BCUT2D eigenvalue weighted by Gasteiger charge is -2.50. The van der Waals surface area contributed by atoms with E-state index in [2.05, 4.69) is 38.1 Å². The van der Waals surface area contributed by atoms with Gasteiger partial charge in [0.1, 0.15) is 11.5 Å². The molecule has 51 heavy (non-hydrogen) atoms. The zero-order valence-corrected chi connectivity index (χ0v) is 31.2. The van der Waals surface area contributed by atoms with Gasteiger partial charge in [-0.2, -0.15) is 0 Å². The van der Waals surface area contributed by atoms with Gasteiger partial charge in [0.05, 0.1) is 24.4 Å². The van der Waals surface area contributed by atoms with E-state index in [1.54, 1.807) is 11.1 Å². The Morgan fingerprint density at radius 1 is 0.549 bits per heavy atom. The summed E-state index contributed by atoms with van der Waals surface area (Å²) in [6, 6.07) is 8.38. The smallest absolute Gasteiger partial charge is 0.116 e. The molecule has 5 nitrogen and oxygen atoms in total. The number of hydrogen-bond acceptors (Lipinski definition) is 5. The van der Waals surface area contributed by atoms with Crippen molar-refractivity contribution in [3.05, 3.63) is 57.6 Å². The van der Waals surface area contributed by atoms with E-state index in [1.807, 2.05) is 0 Å². The quantitative estimate of drug-likeness (QED) is 0.256. The summed E-state index contributed by atoms with van der Waals surface area (Å²) < 4.78 is 7.02. The van der Waals surface area contributed by atoms with Crippen molar-refractivity contribution in [3.8, 4) is 11.5 Å². The van der Waals surface area contributed by atoms with Crippen LogP contribution in [0.15, 0.2) is 24.3 Å². The average molecular weight is 695 g/mol. The summed E-state index contributed by atoms with van der Waals surface area (Å²) in [7, 11) is 0. The van der Waals surface area contributed by atoms with Gasteiger partial charge in [0.25, 0.3) is 0 Å². The van der Waals surface area contributed by atoms with Crippen LogP contribution in [0.5, 0.6) is 11.5 Å². The number of phenols is 2. The molecule has 4 unspecified atom stereocenters. The number of aromatic hydroxyl groups is 2. The second kappa shape index (κ2) is 12.2. The predicted octanol–water partition coefficient (Wildman–Crippen LogP) is 9.52. The van der Waals surface area contributed by atoms with E-state index in [4.69, 9.17) is 4.74 Å². The zero-order valence-electron chi connectivity index (χ0n) is 31.2. The standard InChI is InChI=1S/C46H62O5/c1-45-17-15-35-33(39(45)11-13-41(45)49)9-5-27-19-29(47)23-37(43(27)35)25-3-7-31(21-25)51-32-8-4-26(22-32)38-24-30(48)20-28-6-10-34-36(44(28)38)16-18-46(2)40(34)12-14-42(46)50/h19-20,23-26,31-36,39-42,47-50H,3-18,21-22H2,1-2H3/t25?,26?,31?,32?,33-,34-,35+,36+,39+,40+,41-,42-,45+,46+/m1/s1. The third-order valence-corrected chi connectivity index (χ3v) is 17.6. The SMILES string of the molecule is C[C@]12CC[C@@H]3c4c(cc(O)cc4C4CCC(OC5CCC(c6cc(O)cc7c6[C@H]6CC[C@]8(C)[C@H](O)CC[C@H]8[C@@H]6CC7)C5)C4)CC[C@H]3[C@@H]1CC[C@H]2O. The molecule has 8 aliphatic carbocycles. The Balaban J connectivity index is 0.847. The molecule has 2 aromatic rings. The number of fused-ring (bicyclic) bond motifs is 10. The van der Waals surface area contributed by atoms with Gasteiger partial charge in [-0.25, -0.2) is 0 Å². The highest BCUT2D eigenvalue weighted by Gasteiger charge is 2.56. The Labute approximate surface area is 305 Å². The first-order valence-corrected chi connectivity index (χ1v) is 21.3. The molecule has 0 spiro atoms. The highest BCUT2D eigenvalue weighted by atomic mass is 16.5. The zero-order chi connectivity index (χ0) is 34.8. The predicted molar refractivity (Wildman–Crippen MR) is 199 cm³/mol. The van der Waals surface area contributed by atoms with Crippen LogP contribution < -0.4 is 0 Å². The maximum atomic E-state index is 11.0. The number of rotatable bonds is 4. The molecule has 6 saturated carbocycles. The van der Waals surface area contributed by atoms with Gasteiger partial charge < -0.3 is 25.2 Å². The second-order valence-electron chi connectivity index (χ2n) is 19.7. The number of hydrogen-bond donors (Lipinski definition) is 4. The van der Waals surface area contributed by atoms with Gasteiger partial charge in [0.2, 0.25) is 0 Å². The Morgan fingerprint density at radius 3 is 1.45 bits per heavy atom. The van der Waals surface area contributed by atoms with Gasteiger partial charge in [-0.3, -0.25) is 0 Å². The van der Waals surface area contributed by atoms with Gasteiger partial charge in [0, 0.05) is 0 Å². The molecule has 0 amide bonds. The van der Waals surface area contributed by atoms with Crippen molar-refractivity contribution >= 4 is 0 Å². The highest BCUT2D eigenvalue weighted by Crippen LogP contribution is 2.64. The summed E-state index contributed by atoms with van der Waals surface area (Å²) in [4.78, 5) is 0. The summed E-state index contributed by atoms with van der Waals surface area (Å²) in [6.45, 7) is 4.73. The van der Waals surface area contributed by atoms with Crippen molar-refractivity contribution < 1.29 is 25.2 Å². The van der Waals surface area contributed by atoms with E-state index in [0.29, 0.717) is 58.8 Å². The van der Waals surface area contributed by atoms with E-state index in [-0.39, 0.29) is 35.2 Å². The van der Waals surface area contributed by atoms with Gasteiger partial charge >= 0.3 is 0 Å². The lowest BCUT2D eigenvalue weighted by molar-refractivity contribution is -0.0229. The molecule has 0 radical (unpaired) electrons. The molecular formula is C46H62O5. The second-order valence-corrected chi connectivity index (χ2v) is 19.7.